The third kappa shape index (κ3) is 5.28. The lowest BCUT2D eigenvalue weighted by molar-refractivity contribution is 0.147. The number of carboxylic acid groups (broad SMARTS) is 1. The van der Waals surface area contributed by atoms with Crippen LogP contribution in [0, 0.1) is 18.8 Å². The number of aromatic hydroxyl groups is 1. The van der Waals surface area contributed by atoms with Crippen molar-refractivity contribution in [2.75, 3.05) is 31.2 Å². The fourth-order valence-corrected chi connectivity index (χ4v) is 5.34. The van der Waals surface area contributed by atoms with Gasteiger partial charge in [-0.2, -0.15) is 0 Å². The standard InChI is InChI=1S/C26H30N4O4.ClH/c1-16-8-9-19-21(13-16)27-24(20-6-2-3-7-22(20)31)29-25(19)30-11-4-5-17(14-30)23(28-26(32)33)18-10-12-34-15-18;/h2-3,6-9,13,17-18,23,28,31H,4-5,10-12,14-15H2,1H3,(H,32,33);1H/t17-,18?,23-;/m0./s1. The molecule has 3 N–H and O–H groups in total. The van der Waals surface area contributed by atoms with Crippen LogP contribution >= 0.6 is 12.4 Å². The van der Waals surface area contributed by atoms with E-state index in [9.17, 15) is 15.0 Å². The van der Waals surface area contributed by atoms with E-state index in [1.807, 2.05) is 25.1 Å². The second-order valence-corrected chi connectivity index (χ2v) is 9.36. The Morgan fingerprint density at radius 3 is 2.74 bits per heavy atom. The summed E-state index contributed by atoms with van der Waals surface area (Å²) in [4.78, 5) is 23.5. The summed E-state index contributed by atoms with van der Waals surface area (Å²) in [6.07, 6.45) is 1.78. The first-order valence-corrected chi connectivity index (χ1v) is 11.9. The summed E-state index contributed by atoms with van der Waals surface area (Å²) < 4.78 is 5.58. The third-order valence-electron chi connectivity index (χ3n) is 7.01. The van der Waals surface area contributed by atoms with Crippen LogP contribution in [0.4, 0.5) is 10.6 Å². The Kier molecular flexibility index (Phi) is 7.62. The lowest BCUT2D eigenvalue weighted by atomic mass is 9.82. The number of nitrogens with one attached hydrogen (secondary N) is 1. The molecule has 9 heteroatoms. The van der Waals surface area contributed by atoms with E-state index in [0.717, 1.165) is 48.1 Å². The summed E-state index contributed by atoms with van der Waals surface area (Å²) >= 11 is 0. The summed E-state index contributed by atoms with van der Waals surface area (Å²) in [5.41, 5.74) is 2.52. The fourth-order valence-electron chi connectivity index (χ4n) is 5.34. The topological polar surface area (TPSA) is 108 Å². The van der Waals surface area contributed by atoms with Crippen LogP contribution in [0.1, 0.15) is 24.8 Å². The van der Waals surface area contributed by atoms with Crippen molar-refractivity contribution in [3.8, 4) is 17.1 Å². The van der Waals surface area contributed by atoms with E-state index < -0.39 is 6.09 Å². The number of anilines is 1. The molecule has 1 aromatic heterocycles. The molecule has 1 amide bonds. The van der Waals surface area contributed by atoms with Gasteiger partial charge in [0.2, 0.25) is 0 Å². The predicted molar refractivity (Wildman–Crippen MR) is 137 cm³/mol. The van der Waals surface area contributed by atoms with Crippen LogP contribution in [0.5, 0.6) is 5.75 Å². The molecule has 0 aliphatic carbocycles. The summed E-state index contributed by atoms with van der Waals surface area (Å²) in [5.74, 6) is 1.79. The van der Waals surface area contributed by atoms with Gasteiger partial charge in [0, 0.05) is 37.0 Å². The van der Waals surface area contributed by atoms with E-state index in [-0.39, 0.29) is 36.0 Å². The van der Waals surface area contributed by atoms with Gasteiger partial charge in [-0.05, 0) is 61.9 Å². The third-order valence-corrected chi connectivity index (χ3v) is 7.01. The number of piperidine rings is 1. The molecule has 1 unspecified atom stereocenters. The number of fused-ring (bicyclic) bond motifs is 1. The number of phenols is 1. The van der Waals surface area contributed by atoms with E-state index >= 15 is 0 Å². The van der Waals surface area contributed by atoms with Crippen LogP contribution in [0.25, 0.3) is 22.3 Å². The van der Waals surface area contributed by atoms with E-state index in [1.54, 1.807) is 12.1 Å². The number of rotatable bonds is 5. The molecule has 0 bridgehead atoms. The summed E-state index contributed by atoms with van der Waals surface area (Å²) in [6, 6.07) is 13.1. The highest BCUT2D eigenvalue weighted by Gasteiger charge is 2.36. The molecule has 2 saturated heterocycles. The minimum atomic E-state index is -0.987. The monoisotopic (exact) mass is 498 g/mol. The van der Waals surface area contributed by atoms with Crippen molar-refractivity contribution in [2.24, 2.45) is 11.8 Å². The molecule has 2 aliphatic heterocycles. The van der Waals surface area contributed by atoms with Crippen LogP contribution in [0.2, 0.25) is 0 Å². The molecule has 3 aromatic rings. The Hall–Kier alpha value is -3.10. The summed E-state index contributed by atoms with van der Waals surface area (Å²) in [5, 5.41) is 23.7. The predicted octanol–water partition coefficient (Wildman–Crippen LogP) is 4.62. The maximum atomic E-state index is 11.6. The molecule has 186 valence electrons. The van der Waals surface area contributed by atoms with Crippen molar-refractivity contribution >= 4 is 35.2 Å². The van der Waals surface area contributed by atoms with Gasteiger partial charge in [0.1, 0.15) is 11.6 Å². The quantitative estimate of drug-likeness (QED) is 0.471. The molecule has 3 heterocycles. The Morgan fingerprint density at radius 2 is 2.00 bits per heavy atom. The van der Waals surface area contributed by atoms with Crippen LogP contribution in [0.3, 0.4) is 0 Å². The maximum Gasteiger partial charge on any atom is 0.404 e. The van der Waals surface area contributed by atoms with Gasteiger partial charge in [0.25, 0.3) is 0 Å². The van der Waals surface area contributed by atoms with Gasteiger partial charge in [-0.1, -0.05) is 18.2 Å². The van der Waals surface area contributed by atoms with Crippen LogP contribution in [-0.2, 0) is 4.74 Å². The normalized spacial score (nSPS) is 20.9. The molecule has 0 radical (unpaired) electrons. The highest BCUT2D eigenvalue weighted by molar-refractivity contribution is 5.92. The summed E-state index contributed by atoms with van der Waals surface area (Å²) in [7, 11) is 0. The molecule has 2 aromatic carbocycles. The van der Waals surface area contributed by atoms with Gasteiger partial charge in [0.05, 0.1) is 17.7 Å². The lowest BCUT2D eigenvalue weighted by Crippen LogP contribution is -2.51. The fraction of sp³-hybridized carbons (Fsp3) is 0.423. The Labute approximate surface area is 210 Å². The number of aryl methyl sites for hydroxylation is 1. The minimum Gasteiger partial charge on any atom is -0.507 e. The number of para-hydroxylation sites is 1. The smallest absolute Gasteiger partial charge is 0.404 e. The highest BCUT2D eigenvalue weighted by Crippen LogP contribution is 2.35. The molecular weight excluding hydrogens is 468 g/mol. The molecule has 5 rings (SSSR count). The number of aromatic nitrogens is 2. The van der Waals surface area contributed by atoms with Crippen molar-refractivity contribution in [1.82, 2.24) is 15.3 Å². The number of hydrogen-bond acceptors (Lipinski definition) is 6. The minimum absolute atomic E-state index is 0. The number of halogens is 1. The van der Waals surface area contributed by atoms with Gasteiger partial charge in [-0.15, -0.1) is 12.4 Å². The van der Waals surface area contributed by atoms with E-state index in [2.05, 4.69) is 22.3 Å². The second kappa shape index (κ2) is 10.7. The zero-order chi connectivity index (χ0) is 23.7. The molecule has 2 aliphatic rings. The van der Waals surface area contributed by atoms with Gasteiger partial charge in [0.15, 0.2) is 5.82 Å². The maximum absolute atomic E-state index is 11.6. The van der Waals surface area contributed by atoms with Gasteiger partial charge in [-0.3, -0.25) is 0 Å². The van der Waals surface area contributed by atoms with Crippen molar-refractivity contribution in [3.05, 3.63) is 48.0 Å². The largest absolute Gasteiger partial charge is 0.507 e. The molecule has 8 nitrogen and oxygen atoms in total. The van der Waals surface area contributed by atoms with Crippen LogP contribution in [0.15, 0.2) is 42.5 Å². The number of amides is 1. The van der Waals surface area contributed by atoms with Gasteiger partial charge >= 0.3 is 6.09 Å². The molecule has 3 atom stereocenters. The van der Waals surface area contributed by atoms with Crippen molar-refractivity contribution in [1.29, 1.82) is 0 Å². The first kappa shape index (κ1) is 25.0. The van der Waals surface area contributed by atoms with E-state index in [0.29, 0.717) is 31.1 Å². The Balaban J connectivity index is 0.00000289. The summed E-state index contributed by atoms with van der Waals surface area (Å²) in [6.45, 7) is 4.83. The van der Waals surface area contributed by atoms with Crippen LogP contribution in [-0.4, -0.2) is 58.6 Å². The lowest BCUT2D eigenvalue weighted by Gasteiger charge is -2.39. The number of nitrogens with zero attached hydrogens (tertiary/aromatic N) is 3. The van der Waals surface area contributed by atoms with Crippen molar-refractivity contribution in [2.45, 2.75) is 32.2 Å². The average Bonchev–Trinajstić information content (AvgIpc) is 3.36. The van der Waals surface area contributed by atoms with E-state index in [4.69, 9.17) is 14.7 Å². The number of carbonyl (C=O) groups is 1. The first-order chi connectivity index (χ1) is 16.5. The molecule has 2 fully saturated rings. The number of phenolic OH excluding ortho intramolecular Hbond substituents is 1. The SMILES string of the molecule is Cc1ccc2c(N3CCC[C@H]([C@H](NC(=O)O)C4CCOC4)C3)nc(-c3ccccc3O)nc2c1.Cl. The Bertz CT molecular complexity index is 1200. The Morgan fingerprint density at radius 1 is 1.17 bits per heavy atom. The first-order valence-electron chi connectivity index (χ1n) is 11.9. The molecule has 0 spiro atoms. The number of hydrogen-bond donors (Lipinski definition) is 3. The number of ether oxygens (including phenoxy) is 1. The zero-order valence-electron chi connectivity index (χ0n) is 19.7. The molecule has 0 saturated carbocycles. The molecular formula is C26H31ClN4O4. The van der Waals surface area contributed by atoms with Gasteiger partial charge < -0.3 is 25.2 Å². The molecule has 35 heavy (non-hydrogen) atoms. The van der Waals surface area contributed by atoms with Crippen molar-refractivity contribution in [3.63, 3.8) is 0 Å². The zero-order valence-corrected chi connectivity index (χ0v) is 20.5. The second-order valence-electron chi connectivity index (χ2n) is 9.36. The van der Waals surface area contributed by atoms with Crippen LogP contribution < -0.4 is 10.2 Å². The van der Waals surface area contributed by atoms with Gasteiger partial charge in [-0.25, -0.2) is 14.8 Å². The highest BCUT2D eigenvalue weighted by atomic mass is 35.5. The van der Waals surface area contributed by atoms with Crippen molar-refractivity contribution < 1.29 is 19.7 Å². The average molecular weight is 499 g/mol. The van der Waals surface area contributed by atoms with E-state index in [1.165, 1.54) is 0 Å². The number of benzene rings is 2.